The van der Waals surface area contributed by atoms with Crippen molar-refractivity contribution in [3.63, 3.8) is 0 Å². The number of carbonyl (C=O) groups is 1. The highest BCUT2D eigenvalue weighted by molar-refractivity contribution is 5.75. The van der Waals surface area contributed by atoms with Gasteiger partial charge in [0.2, 0.25) is 0 Å². The van der Waals surface area contributed by atoms with Crippen LogP contribution in [0.3, 0.4) is 0 Å². The molecule has 1 fully saturated rings. The van der Waals surface area contributed by atoms with Gasteiger partial charge in [0.15, 0.2) is 0 Å². The molecule has 1 saturated heterocycles. The van der Waals surface area contributed by atoms with E-state index in [1.54, 1.807) is 18.9 Å². The first-order chi connectivity index (χ1) is 8.84. The van der Waals surface area contributed by atoms with Crippen molar-refractivity contribution in [1.29, 1.82) is 0 Å². The van der Waals surface area contributed by atoms with Crippen molar-refractivity contribution in [2.75, 3.05) is 26.8 Å². The van der Waals surface area contributed by atoms with E-state index < -0.39 is 5.41 Å². The Balaban J connectivity index is 2.70. The Labute approximate surface area is 116 Å². The Morgan fingerprint density at radius 3 is 2.16 bits per heavy atom. The van der Waals surface area contributed by atoms with E-state index in [2.05, 4.69) is 13.8 Å². The summed E-state index contributed by atoms with van der Waals surface area (Å²) in [5, 5.41) is 18.6. The Morgan fingerprint density at radius 2 is 1.74 bits per heavy atom. The predicted octanol–water partition coefficient (Wildman–Crippen LogP) is 1.29. The number of likely N-dealkylation sites (tertiary alicyclic amines) is 1. The minimum atomic E-state index is -0.646. The summed E-state index contributed by atoms with van der Waals surface area (Å²) in [7, 11) is 1.74. The van der Waals surface area contributed by atoms with Gasteiger partial charge in [0.05, 0.1) is 13.2 Å². The fourth-order valence-electron chi connectivity index (χ4n) is 2.79. The zero-order valence-corrected chi connectivity index (χ0v) is 12.6. The van der Waals surface area contributed by atoms with Crippen LogP contribution in [0, 0.1) is 5.41 Å². The van der Waals surface area contributed by atoms with Gasteiger partial charge in [-0.05, 0) is 33.1 Å². The van der Waals surface area contributed by atoms with Crippen molar-refractivity contribution < 1.29 is 15.0 Å². The summed E-state index contributed by atoms with van der Waals surface area (Å²) in [5.74, 6) is 0. The number of urea groups is 1. The van der Waals surface area contributed by atoms with Crippen LogP contribution >= 0.6 is 0 Å². The molecule has 5 heteroatoms. The molecule has 0 aliphatic carbocycles. The van der Waals surface area contributed by atoms with Crippen LogP contribution in [0.15, 0.2) is 0 Å². The molecule has 2 atom stereocenters. The summed E-state index contributed by atoms with van der Waals surface area (Å²) in [5.41, 5.74) is -0.646. The topological polar surface area (TPSA) is 64.0 Å². The molecule has 0 aromatic carbocycles. The molecule has 1 aliphatic heterocycles. The van der Waals surface area contributed by atoms with Crippen LogP contribution in [0.1, 0.15) is 40.0 Å². The van der Waals surface area contributed by atoms with Gasteiger partial charge >= 0.3 is 6.03 Å². The maximum Gasteiger partial charge on any atom is 0.320 e. The number of hydrogen-bond acceptors (Lipinski definition) is 3. The van der Waals surface area contributed by atoms with E-state index in [1.165, 1.54) is 6.42 Å². The molecule has 2 amide bonds. The standard InChI is InChI=1S/C14H28N2O3/c1-11-6-5-7-12(2)16(11)13(19)15(4)8-14(3,9-17)10-18/h11-12,17-18H,5-10H2,1-4H3. The summed E-state index contributed by atoms with van der Waals surface area (Å²) in [6.45, 7) is 6.03. The lowest BCUT2D eigenvalue weighted by atomic mass is 9.92. The second-order valence-corrected chi connectivity index (χ2v) is 6.30. The van der Waals surface area contributed by atoms with Gasteiger partial charge in [0, 0.05) is 31.1 Å². The van der Waals surface area contributed by atoms with Crippen molar-refractivity contribution in [2.45, 2.75) is 52.1 Å². The number of aliphatic hydroxyl groups excluding tert-OH is 2. The minimum absolute atomic E-state index is 0.00664. The Kier molecular flexibility index (Phi) is 5.62. The summed E-state index contributed by atoms with van der Waals surface area (Å²) in [4.78, 5) is 16.1. The number of carbonyl (C=O) groups excluding carboxylic acids is 1. The molecular formula is C14H28N2O3. The SMILES string of the molecule is CC1CCCC(C)N1C(=O)N(C)CC(C)(CO)CO. The smallest absolute Gasteiger partial charge is 0.320 e. The van der Waals surface area contributed by atoms with Crippen LogP contribution in [0.5, 0.6) is 0 Å². The van der Waals surface area contributed by atoms with Gasteiger partial charge in [-0.15, -0.1) is 0 Å². The predicted molar refractivity (Wildman–Crippen MR) is 74.9 cm³/mol. The lowest BCUT2D eigenvalue weighted by Gasteiger charge is -2.42. The van der Waals surface area contributed by atoms with Crippen LogP contribution in [0.25, 0.3) is 0 Å². The monoisotopic (exact) mass is 272 g/mol. The summed E-state index contributed by atoms with van der Waals surface area (Å²) in [6.07, 6.45) is 3.25. The normalized spacial score (nSPS) is 24.4. The zero-order chi connectivity index (χ0) is 14.6. The number of piperidine rings is 1. The van der Waals surface area contributed by atoms with Crippen molar-refractivity contribution in [1.82, 2.24) is 9.80 Å². The molecule has 1 aliphatic rings. The lowest BCUT2D eigenvalue weighted by molar-refractivity contribution is 0.0365. The highest BCUT2D eigenvalue weighted by atomic mass is 16.3. The van der Waals surface area contributed by atoms with Crippen molar-refractivity contribution in [2.24, 2.45) is 5.41 Å². The largest absolute Gasteiger partial charge is 0.396 e. The van der Waals surface area contributed by atoms with E-state index in [0.717, 1.165) is 12.8 Å². The summed E-state index contributed by atoms with van der Waals surface area (Å²) in [6, 6.07) is 0.509. The fraction of sp³-hybridized carbons (Fsp3) is 0.929. The van der Waals surface area contributed by atoms with Gasteiger partial charge in [0.1, 0.15) is 0 Å². The third-order valence-corrected chi connectivity index (χ3v) is 4.12. The molecule has 112 valence electrons. The number of amides is 2. The van der Waals surface area contributed by atoms with Crippen LogP contribution in [0.4, 0.5) is 4.79 Å². The van der Waals surface area contributed by atoms with Crippen molar-refractivity contribution >= 4 is 6.03 Å². The molecule has 5 nitrogen and oxygen atoms in total. The Hall–Kier alpha value is -0.810. The van der Waals surface area contributed by atoms with Crippen molar-refractivity contribution in [3.8, 4) is 0 Å². The average Bonchev–Trinajstić information content (AvgIpc) is 2.38. The molecule has 0 spiro atoms. The van der Waals surface area contributed by atoms with E-state index in [9.17, 15) is 15.0 Å². The lowest BCUT2D eigenvalue weighted by Crippen LogP contribution is -2.54. The van der Waals surface area contributed by atoms with Gasteiger partial charge in [-0.3, -0.25) is 0 Å². The second-order valence-electron chi connectivity index (χ2n) is 6.30. The molecule has 0 radical (unpaired) electrons. The Morgan fingerprint density at radius 1 is 1.26 bits per heavy atom. The van der Waals surface area contributed by atoms with Gasteiger partial charge in [-0.2, -0.15) is 0 Å². The third kappa shape index (κ3) is 3.83. The first-order valence-corrected chi connectivity index (χ1v) is 7.10. The van der Waals surface area contributed by atoms with E-state index in [0.29, 0.717) is 6.54 Å². The number of nitrogens with zero attached hydrogens (tertiary/aromatic N) is 2. The summed E-state index contributed by atoms with van der Waals surface area (Å²) >= 11 is 0. The first-order valence-electron chi connectivity index (χ1n) is 7.10. The maximum atomic E-state index is 12.5. The first kappa shape index (κ1) is 16.2. The molecule has 0 bridgehead atoms. The fourth-order valence-corrected chi connectivity index (χ4v) is 2.79. The van der Waals surface area contributed by atoms with E-state index in [4.69, 9.17) is 0 Å². The quantitative estimate of drug-likeness (QED) is 0.810. The van der Waals surface area contributed by atoms with Crippen LogP contribution in [-0.4, -0.2) is 64.9 Å². The number of rotatable bonds is 4. The molecule has 2 unspecified atom stereocenters. The molecule has 1 heterocycles. The van der Waals surface area contributed by atoms with Gasteiger partial charge in [-0.25, -0.2) is 4.79 Å². The Bertz CT molecular complexity index is 295. The highest BCUT2D eigenvalue weighted by Crippen LogP contribution is 2.25. The molecule has 19 heavy (non-hydrogen) atoms. The van der Waals surface area contributed by atoms with Gasteiger partial charge < -0.3 is 20.0 Å². The third-order valence-electron chi connectivity index (χ3n) is 4.12. The molecular weight excluding hydrogens is 244 g/mol. The zero-order valence-electron chi connectivity index (χ0n) is 12.6. The van der Waals surface area contributed by atoms with E-state index in [-0.39, 0.29) is 31.3 Å². The van der Waals surface area contributed by atoms with E-state index in [1.807, 2.05) is 4.90 Å². The summed E-state index contributed by atoms with van der Waals surface area (Å²) < 4.78 is 0. The highest BCUT2D eigenvalue weighted by Gasteiger charge is 2.33. The van der Waals surface area contributed by atoms with Gasteiger partial charge in [-0.1, -0.05) is 6.92 Å². The molecule has 0 aromatic rings. The van der Waals surface area contributed by atoms with Crippen LogP contribution < -0.4 is 0 Å². The molecule has 2 N–H and O–H groups in total. The molecule has 0 saturated carbocycles. The number of aliphatic hydroxyl groups is 2. The second kappa shape index (κ2) is 6.57. The molecule has 0 aromatic heterocycles. The van der Waals surface area contributed by atoms with Crippen LogP contribution in [-0.2, 0) is 0 Å². The van der Waals surface area contributed by atoms with Gasteiger partial charge in [0.25, 0.3) is 0 Å². The number of hydrogen-bond donors (Lipinski definition) is 2. The average molecular weight is 272 g/mol. The van der Waals surface area contributed by atoms with E-state index >= 15 is 0 Å². The minimum Gasteiger partial charge on any atom is -0.396 e. The molecule has 1 rings (SSSR count). The maximum absolute atomic E-state index is 12.5. The van der Waals surface area contributed by atoms with Crippen molar-refractivity contribution in [3.05, 3.63) is 0 Å². The van der Waals surface area contributed by atoms with Crippen LogP contribution in [0.2, 0.25) is 0 Å².